The van der Waals surface area contributed by atoms with Crippen LogP contribution in [-0.4, -0.2) is 82.1 Å². The Morgan fingerprint density at radius 3 is 2.14 bits per heavy atom. The van der Waals surface area contributed by atoms with Crippen molar-refractivity contribution in [2.45, 2.75) is 82.1 Å². The number of halogens is 5. The second kappa shape index (κ2) is 13.8. The minimum Gasteiger partial charge on any atom is -0.480 e. The molecule has 4 aromatic rings. The highest BCUT2D eigenvalue weighted by molar-refractivity contribution is 6.05. The zero-order chi connectivity index (χ0) is 36.0. The molecule has 1 saturated carbocycles. The van der Waals surface area contributed by atoms with E-state index in [0.29, 0.717) is 10.9 Å². The molecule has 51 heavy (non-hydrogen) atoms. The summed E-state index contributed by atoms with van der Waals surface area (Å²) in [6, 6.07) is 17.0. The van der Waals surface area contributed by atoms with Gasteiger partial charge in [-0.05, 0) is 79.1 Å². The minimum atomic E-state index is -4.96. The van der Waals surface area contributed by atoms with Gasteiger partial charge < -0.3 is 10.4 Å². The molecular weight excluding hydrogens is 667 g/mol. The molecule has 1 aromatic heterocycles. The van der Waals surface area contributed by atoms with E-state index >= 15 is 0 Å². The number of piperidine rings is 2. The topological polar surface area (TPSA) is 85.8 Å². The molecule has 3 heterocycles. The first kappa shape index (κ1) is 35.3. The quantitative estimate of drug-likeness (QED) is 0.174. The fraction of sp³-hybridized carbons (Fsp3) is 0.462. The van der Waals surface area contributed by atoms with Gasteiger partial charge in [-0.2, -0.15) is 13.2 Å². The van der Waals surface area contributed by atoms with Gasteiger partial charge in [-0.25, -0.2) is 13.6 Å². The number of hydrogen-bond acceptors (Lipinski definition) is 5. The lowest BCUT2D eigenvalue weighted by atomic mass is 9.74. The van der Waals surface area contributed by atoms with Crippen molar-refractivity contribution in [2.24, 2.45) is 5.41 Å². The van der Waals surface area contributed by atoms with Crippen molar-refractivity contribution in [2.75, 3.05) is 26.2 Å². The van der Waals surface area contributed by atoms with Crippen LogP contribution in [0.2, 0.25) is 0 Å². The summed E-state index contributed by atoms with van der Waals surface area (Å²) in [6.45, 7) is 2.56. The van der Waals surface area contributed by atoms with E-state index < -0.39 is 67.2 Å². The van der Waals surface area contributed by atoms with Crippen LogP contribution in [-0.2, 0) is 22.6 Å². The number of aliphatic carboxylic acids is 1. The fourth-order valence-electron chi connectivity index (χ4n) is 8.22. The maximum atomic E-state index is 14.6. The molecule has 1 aliphatic carbocycles. The number of benzene rings is 3. The molecule has 3 fully saturated rings. The molecular formula is C39H41F5N4O3. The van der Waals surface area contributed by atoms with Crippen molar-refractivity contribution in [1.29, 1.82) is 0 Å². The van der Waals surface area contributed by atoms with Crippen molar-refractivity contribution >= 4 is 33.4 Å². The summed E-state index contributed by atoms with van der Waals surface area (Å²) in [6.07, 6.45) is -1.76. The Hall–Kier alpha value is -4.16. The van der Waals surface area contributed by atoms with Gasteiger partial charge in [-0.3, -0.25) is 19.6 Å². The number of fused-ring (bicyclic) bond motifs is 2. The van der Waals surface area contributed by atoms with Gasteiger partial charge in [0.05, 0.1) is 5.69 Å². The zero-order valence-electron chi connectivity index (χ0n) is 28.2. The number of carbonyl (C=O) groups excluding carboxylic acids is 1. The number of amides is 1. The molecule has 1 atom stereocenters. The van der Waals surface area contributed by atoms with Crippen LogP contribution in [0, 0.1) is 5.41 Å². The molecule has 2 aliphatic heterocycles. The van der Waals surface area contributed by atoms with Gasteiger partial charge in [0.2, 0.25) is 5.91 Å². The number of pyridine rings is 1. The second-order valence-corrected chi connectivity index (χ2v) is 14.4. The Kier molecular flexibility index (Phi) is 9.51. The van der Waals surface area contributed by atoms with E-state index in [9.17, 15) is 36.6 Å². The number of alkyl halides is 5. The highest BCUT2D eigenvalue weighted by atomic mass is 19.4. The average Bonchev–Trinajstić information content (AvgIpc) is 3.10. The van der Waals surface area contributed by atoms with Gasteiger partial charge in [0.25, 0.3) is 5.92 Å². The van der Waals surface area contributed by atoms with Crippen molar-refractivity contribution in [3.05, 3.63) is 78.0 Å². The minimum absolute atomic E-state index is 0.181. The first-order chi connectivity index (χ1) is 24.3. The molecule has 3 aliphatic rings. The Morgan fingerprint density at radius 2 is 1.47 bits per heavy atom. The summed E-state index contributed by atoms with van der Waals surface area (Å²) in [5.41, 5.74) is 0.474. The predicted molar refractivity (Wildman–Crippen MR) is 184 cm³/mol. The molecule has 0 radical (unpaired) electrons. The molecule has 3 aromatic carbocycles. The summed E-state index contributed by atoms with van der Waals surface area (Å²) in [5, 5.41) is 16.0. The molecule has 1 amide bonds. The maximum absolute atomic E-state index is 14.6. The second-order valence-electron chi connectivity index (χ2n) is 14.4. The van der Waals surface area contributed by atoms with Crippen LogP contribution in [0.4, 0.5) is 22.0 Å². The van der Waals surface area contributed by atoms with Crippen molar-refractivity contribution < 1.29 is 36.6 Å². The fourth-order valence-corrected chi connectivity index (χ4v) is 8.22. The van der Waals surface area contributed by atoms with E-state index in [-0.39, 0.29) is 19.5 Å². The third kappa shape index (κ3) is 6.92. The van der Waals surface area contributed by atoms with E-state index in [4.69, 9.17) is 4.98 Å². The van der Waals surface area contributed by atoms with Crippen molar-refractivity contribution in [3.63, 3.8) is 0 Å². The number of nitrogens with zero attached hydrogens (tertiary/aromatic N) is 3. The normalized spacial score (nSPS) is 20.6. The molecule has 2 saturated heterocycles. The summed E-state index contributed by atoms with van der Waals surface area (Å²) >= 11 is 0. The van der Waals surface area contributed by atoms with E-state index in [1.54, 1.807) is 17.0 Å². The van der Waals surface area contributed by atoms with Gasteiger partial charge in [0, 0.05) is 49.0 Å². The van der Waals surface area contributed by atoms with Crippen LogP contribution in [0.25, 0.3) is 32.8 Å². The van der Waals surface area contributed by atoms with Gasteiger partial charge in [0.15, 0.2) is 0 Å². The molecule has 12 heteroatoms. The molecule has 7 nitrogen and oxygen atoms in total. The lowest BCUT2D eigenvalue weighted by Crippen LogP contribution is -2.61. The first-order valence-corrected chi connectivity index (χ1v) is 17.7. The summed E-state index contributed by atoms with van der Waals surface area (Å²) < 4.78 is 70.6. The summed E-state index contributed by atoms with van der Waals surface area (Å²) in [5.74, 6) is -5.68. The Bertz CT molecular complexity index is 1930. The van der Waals surface area contributed by atoms with Crippen LogP contribution < -0.4 is 5.32 Å². The third-order valence-electron chi connectivity index (χ3n) is 11.2. The van der Waals surface area contributed by atoms with E-state index in [2.05, 4.69) is 16.3 Å². The van der Waals surface area contributed by atoms with Crippen molar-refractivity contribution in [1.82, 2.24) is 20.1 Å². The maximum Gasteiger partial charge on any atom is 0.403 e. The molecule has 0 spiro atoms. The highest BCUT2D eigenvalue weighted by Crippen LogP contribution is 2.49. The van der Waals surface area contributed by atoms with Gasteiger partial charge in [-0.15, -0.1) is 0 Å². The molecule has 0 unspecified atom stereocenters. The number of aromatic nitrogens is 1. The van der Waals surface area contributed by atoms with Crippen LogP contribution in [0.1, 0.15) is 56.1 Å². The Balaban J connectivity index is 1.14. The van der Waals surface area contributed by atoms with Crippen molar-refractivity contribution in [3.8, 4) is 11.3 Å². The van der Waals surface area contributed by atoms with Gasteiger partial charge in [0.1, 0.15) is 11.5 Å². The lowest BCUT2D eigenvalue weighted by Gasteiger charge is -2.48. The van der Waals surface area contributed by atoms with Gasteiger partial charge in [-0.1, -0.05) is 67.1 Å². The van der Waals surface area contributed by atoms with Crippen LogP contribution in [0.15, 0.2) is 66.9 Å². The molecule has 2 N–H and O–H groups in total. The zero-order valence-corrected chi connectivity index (χ0v) is 28.2. The number of hydrogen-bond donors (Lipinski definition) is 2. The van der Waals surface area contributed by atoms with Crippen LogP contribution in [0.3, 0.4) is 0 Å². The largest absolute Gasteiger partial charge is 0.480 e. The van der Waals surface area contributed by atoms with E-state index in [1.165, 1.54) is 19.3 Å². The Morgan fingerprint density at radius 1 is 0.843 bits per heavy atom. The molecule has 7 rings (SSSR count). The average molecular weight is 709 g/mol. The highest BCUT2D eigenvalue weighted by Gasteiger charge is 2.62. The number of carboxylic acids is 1. The summed E-state index contributed by atoms with van der Waals surface area (Å²) in [7, 11) is 0. The summed E-state index contributed by atoms with van der Waals surface area (Å²) in [4.78, 5) is 34.9. The Labute approximate surface area is 292 Å². The van der Waals surface area contributed by atoms with Gasteiger partial charge >= 0.3 is 12.1 Å². The number of carboxylic acid groups (broad SMARTS) is 1. The SMILES string of the molecule is O=C(O)[C@H](Cc1cccc2c(-c3ncc(CN4CCCCC4)c4ccccc34)cccc12)NC(=O)C1(C(F)(F)F)CCN(C2CC(F)(F)C2)CC1. The van der Waals surface area contributed by atoms with Crippen LogP contribution >= 0.6 is 0 Å². The third-order valence-corrected chi connectivity index (χ3v) is 11.2. The molecule has 0 bridgehead atoms. The standard InChI is InChI=1S/C39H41F5N4O3/c40-38(41)21-27(22-38)48-18-14-37(15-19-48,39(42,43)44)36(51)46-33(35(49)50)20-25-8-6-12-30-28(25)11-7-13-32(30)34-31-10-3-2-9-29(31)26(23-45-34)24-47-16-4-1-5-17-47/h2-3,6-13,23,27,33H,1,4-5,14-22,24H2,(H,46,51)(H,49,50)/t33-/m0/s1. The predicted octanol–water partition coefficient (Wildman–Crippen LogP) is 7.60. The van der Waals surface area contributed by atoms with Crippen LogP contribution in [0.5, 0.6) is 0 Å². The smallest absolute Gasteiger partial charge is 0.403 e. The number of rotatable bonds is 9. The lowest BCUT2D eigenvalue weighted by molar-refractivity contribution is -0.237. The molecule has 270 valence electrons. The monoisotopic (exact) mass is 708 g/mol. The number of carbonyl (C=O) groups is 2. The number of nitrogens with one attached hydrogen (secondary N) is 1. The first-order valence-electron chi connectivity index (χ1n) is 17.7. The van der Waals surface area contributed by atoms with E-state index in [1.807, 2.05) is 48.7 Å². The number of likely N-dealkylation sites (tertiary alicyclic amines) is 2. The van der Waals surface area contributed by atoms with E-state index in [0.717, 1.165) is 52.6 Å².